The van der Waals surface area contributed by atoms with Crippen LogP contribution in [0.4, 0.5) is 0 Å². The molecule has 1 fully saturated rings. The fourth-order valence-corrected chi connectivity index (χ4v) is 2.25. The Morgan fingerprint density at radius 3 is 2.07 bits per heavy atom. The first-order chi connectivity index (χ1) is 6.05. The van der Waals surface area contributed by atoms with E-state index in [1.165, 1.54) is 0 Å². The van der Waals surface area contributed by atoms with Gasteiger partial charge in [-0.1, -0.05) is 19.3 Å². The summed E-state index contributed by atoms with van der Waals surface area (Å²) in [5.74, 6) is 0. The van der Waals surface area contributed by atoms with Gasteiger partial charge in [0.25, 0.3) is 0 Å². The van der Waals surface area contributed by atoms with Gasteiger partial charge in [0.1, 0.15) is 0 Å². The van der Waals surface area contributed by atoms with Crippen molar-refractivity contribution in [1.29, 1.82) is 0 Å². The maximum Gasteiger partial charge on any atom is 1.00 e. The number of hydrogen-bond acceptors (Lipinski definition) is 5. The summed E-state index contributed by atoms with van der Waals surface area (Å²) in [4.78, 5) is 10.1. The van der Waals surface area contributed by atoms with E-state index in [1.807, 2.05) is 0 Å². The van der Waals surface area contributed by atoms with Gasteiger partial charge in [0, 0.05) is 0 Å². The molecule has 0 radical (unpaired) electrons. The van der Waals surface area contributed by atoms with E-state index < -0.39 is 16.3 Å². The van der Waals surface area contributed by atoms with Crippen LogP contribution in [0.2, 0.25) is 0 Å². The maximum absolute atomic E-state index is 10.5. The summed E-state index contributed by atoms with van der Waals surface area (Å²) in [7, 11) is -4.71. The molecule has 1 saturated carbocycles. The molecule has 0 heterocycles. The van der Waals surface area contributed by atoms with E-state index in [-0.39, 0.29) is 55.8 Å². The van der Waals surface area contributed by atoms with Crippen molar-refractivity contribution >= 4 is 10.3 Å². The molecule has 0 unspecified atom stereocenters. The van der Waals surface area contributed by atoms with Crippen molar-refractivity contribution in [2.24, 2.45) is 5.29 Å². The average molecular weight is 246 g/mol. The van der Waals surface area contributed by atoms with E-state index in [9.17, 15) is 17.9 Å². The van der Waals surface area contributed by atoms with Crippen molar-refractivity contribution in [2.45, 2.75) is 38.1 Å². The van der Waals surface area contributed by atoms with Gasteiger partial charge in [0.15, 0.2) is 0 Å². The predicted octanol–water partition coefficient (Wildman–Crippen LogP) is -2.23. The van der Waals surface area contributed by atoms with Crippen LogP contribution in [-0.4, -0.2) is 23.4 Å². The third kappa shape index (κ3) is 4.21. The number of rotatable bonds is 3. The van der Waals surface area contributed by atoms with Gasteiger partial charge >= 0.3 is 51.4 Å². The first-order valence-corrected chi connectivity index (χ1v) is 5.50. The van der Waals surface area contributed by atoms with Crippen molar-refractivity contribution in [1.82, 2.24) is 4.41 Å². The molecule has 1 aliphatic carbocycles. The van der Waals surface area contributed by atoms with Crippen LogP contribution in [0.1, 0.15) is 32.1 Å². The standard InChI is InChI=1S/C6H12N2O4S.K/c9-7-8(13(10,11)12)6-4-2-1-3-5-6;/h6H,1-5H2,(H,10,11,12);/q;+1/p-1. The summed E-state index contributed by atoms with van der Waals surface area (Å²) in [6.45, 7) is 0. The van der Waals surface area contributed by atoms with E-state index in [0.29, 0.717) is 12.8 Å². The average Bonchev–Trinajstić information content (AvgIpc) is 2.05. The van der Waals surface area contributed by atoms with E-state index in [2.05, 4.69) is 5.29 Å². The van der Waals surface area contributed by atoms with E-state index in [0.717, 1.165) is 19.3 Å². The molecular formula is C6H11KN2O4S. The largest absolute Gasteiger partial charge is 1.00 e. The predicted molar refractivity (Wildman–Crippen MR) is 44.2 cm³/mol. The van der Waals surface area contributed by atoms with Crippen LogP contribution >= 0.6 is 0 Å². The van der Waals surface area contributed by atoms with Gasteiger partial charge in [-0.05, 0) is 12.8 Å². The van der Waals surface area contributed by atoms with Gasteiger partial charge in [-0.15, -0.1) is 4.91 Å². The number of nitroso groups, excluding NO2 is 1. The van der Waals surface area contributed by atoms with E-state index in [1.54, 1.807) is 0 Å². The van der Waals surface area contributed by atoms with E-state index >= 15 is 0 Å². The molecule has 6 nitrogen and oxygen atoms in total. The third-order valence-corrected chi connectivity index (χ3v) is 3.02. The third-order valence-electron chi connectivity index (χ3n) is 2.20. The Balaban J connectivity index is 0.00000169. The van der Waals surface area contributed by atoms with Crippen molar-refractivity contribution < 1.29 is 64.4 Å². The van der Waals surface area contributed by atoms with Crippen molar-refractivity contribution in [3.63, 3.8) is 0 Å². The zero-order valence-corrected chi connectivity index (χ0v) is 12.0. The SMILES string of the molecule is O=NN(C1CCCCC1)S(=O)(=O)[O-].[K+]. The Labute approximate surface area is 126 Å². The van der Waals surface area contributed by atoms with Gasteiger partial charge in [-0.2, -0.15) is 4.41 Å². The van der Waals surface area contributed by atoms with Crippen LogP contribution in [0.15, 0.2) is 5.29 Å². The van der Waals surface area contributed by atoms with Gasteiger partial charge in [-0.25, -0.2) is 8.42 Å². The summed E-state index contributed by atoms with van der Waals surface area (Å²) in [5.41, 5.74) is 0. The summed E-state index contributed by atoms with van der Waals surface area (Å²) in [6, 6.07) is -0.520. The zero-order chi connectivity index (χ0) is 9.90. The Kier molecular flexibility index (Phi) is 6.95. The molecule has 0 N–H and O–H groups in total. The molecule has 14 heavy (non-hydrogen) atoms. The quantitative estimate of drug-likeness (QED) is 0.244. The minimum atomic E-state index is -4.71. The van der Waals surface area contributed by atoms with Crippen LogP contribution in [0, 0.1) is 4.91 Å². The molecule has 0 saturated heterocycles. The van der Waals surface area contributed by atoms with Crippen LogP contribution in [-0.2, 0) is 10.3 Å². The monoisotopic (exact) mass is 246 g/mol. The molecule has 0 atom stereocenters. The van der Waals surface area contributed by atoms with Gasteiger partial charge in [0.05, 0.1) is 11.3 Å². The molecule has 0 spiro atoms. The van der Waals surface area contributed by atoms with E-state index in [4.69, 9.17) is 0 Å². The van der Waals surface area contributed by atoms with Crippen molar-refractivity contribution in [3.05, 3.63) is 4.91 Å². The molecule has 1 aliphatic rings. The number of hydrogen-bond donors (Lipinski definition) is 0. The van der Waals surface area contributed by atoms with Crippen molar-refractivity contribution in [2.75, 3.05) is 0 Å². The fraction of sp³-hybridized carbons (Fsp3) is 1.00. The second kappa shape index (κ2) is 6.51. The molecule has 0 aromatic carbocycles. The maximum atomic E-state index is 10.5. The molecular weight excluding hydrogens is 235 g/mol. The van der Waals surface area contributed by atoms with Gasteiger partial charge in [-0.3, -0.25) is 0 Å². The van der Waals surface area contributed by atoms with Crippen LogP contribution in [0.3, 0.4) is 0 Å². The molecule has 0 amide bonds. The second-order valence-electron chi connectivity index (χ2n) is 3.10. The summed E-state index contributed by atoms with van der Waals surface area (Å²) < 4.78 is 31.8. The summed E-state index contributed by atoms with van der Waals surface area (Å²) >= 11 is 0. The molecule has 76 valence electrons. The Bertz CT molecular complexity index is 276. The molecule has 1 rings (SSSR count). The Morgan fingerprint density at radius 1 is 1.21 bits per heavy atom. The van der Waals surface area contributed by atoms with Gasteiger partial charge < -0.3 is 4.55 Å². The van der Waals surface area contributed by atoms with Gasteiger partial charge in [0.2, 0.25) is 10.3 Å². The normalized spacial score (nSPS) is 18.4. The smallest absolute Gasteiger partial charge is 0.730 e. The van der Waals surface area contributed by atoms with Crippen LogP contribution in [0.5, 0.6) is 0 Å². The zero-order valence-electron chi connectivity index (χ0n) is 8.05. The van der Waals surface area contributed by atoms with Crippen molar-refractivity contribution in [3.8, 4) is 0 Å². The minimum Gasteiger partial charge on any atom is -0.730 e. The Morgan fingerprint density at radius 2 is 1.71 bits per heavy atom. The van der Waals surface area contributed by atoms with Crippen LogP contribution < -0.4 is 51.4 Å². The molecule has 0 aromatic heterocycles. The Hall–Kier alpha value is 0.946. The summed E-state index contributed by atoms with van der Waals surface area (Å²) in [5, 5.41) is 2.27. The first-order valence-electron chi connectivity index (χ1n) is 4.14. The fourth-order valence-electron chi connectivity index (χ4n) is 1.59. The molecule has 0 bridgehead atoms. The topological polar surface area (TPSA) is 89.9 Å². The minimum absolute atomic E-state index is 0. The second-order valence-corrected chi connectivity index (χ2v) is 4.33. The first kappa shape index (κ1) is 14.9. The summed E-state index contributed by atoms with van der Waals surface area (Å²) in [6.07, 6.45) is 3.79. The number of nitrogens with zero attached hydrogens (tertiary/aromatic N) is 2. The van der Waals surface area contributed by atoms with Crippen LogP contribution in [0.25, 0.3) is 0 Å². The molecule has 8 heteroatoms. The molecule has 0 aromatic rings. The molecule has 0 aliphatic heterocycles.